The number of nitrogens with zero attached hydrogens (tertiary/aromatic N) is 3. The van der Waals surface area contributed by atoms with Gasteiger partial charge in [-0.3, -0.25) is 4.79 Å². The summed E-state index contributed by atoms with van der Waals surface area (Å²) in [6, 6.07) is 12.0. The van der Waals surface area contributed by atoms with E-state index in [0.717, 1.165) is 44.5 Å². The van der Waals surface area contributed by atoms with Crippen LogP contribution in [0, 0.1) is 13.8 Å². The van der Waals surface area contributed by atoms with E-state index in [-0.39, 0.29) is 13.0 Å². The maximum Gasteiger partial charge on any atom is 0.305 e. The lowest BCUT2D eigenvalue weighted by atomic mass is 10.0. The summed E-state index contributed by atoms with van der Waals surface area (Å²) in [5, 5.41) is 10.5. The number of carboxylic acid groups (broad SMARTS) is 1. The number of aryl methyl sites for hydroxylation is 2. The molecule has 0 fully saturated rings. The number of carboxylic acids is 1. The van der Waals surface area contributed by atoms with Crippen molar-refractivity contribution in [3.63, 3.8) is 0 Å². The molecule has 2 aromatic carbocycles. The van der Waals surface area contributed by atoms with Gasteiger partial charge >= 0.3 is 5.97 Å². The molecule has 0 radical (unpaired) electrons. The van der Waals surface area contributed by atoms with Crippen LogP contribution in [0.5, 0.6) is 0 Å². The van der Waals surface area contributed by atoms with Crippen molar-refractivity contribution in [2.75, 3.05) is 6.61 Å². The van der Waals surface area contributed by atoms with Crippen LogP contribution in [-0.2, 0) is 16.1 Å². The van der Waals surface area contributed by atoms with Crippen molar-refractivity contribution in [3.8, 4) is 16.9 Å². The number of hydrogen-bond donors (Lipinski definition) is 1. The standard InChI is InChI=1S/C24H22ClN3O3/c1-15-3-4-17(11-18(15)13-31-10-7-23(29)30)21-12-22(28-9-8-26-14-28)19-5-6-20(25)16(2)24(19)27-21/h3-6,8-9,11-12,14H,7,10,13H2,1-2H3,(H,29,30). The fourth-order valence-electron chi connectivity index (χ4n) is 3.48. The van der Waals surface area contributed by atoms with E-state index in [9.17, 15) is 4.79 Å². The molecule has 2 heterocycles. The third-order valence-corrected chi connectivity index (χ3v) is 5.70. The molecule has 0 atom stereocenters. The molecular formula is C24H22ClN3O3. The number of rotatable bonds is 7. The topological polar surface area (TPSA) is 77.2 Å². The molecule has 4 rings (SSSR count). The summed E-state index contributed by atoms with van der Waals surface area (Å²) >= 11 is 6.38. The van der Waals surface area contributed by atoms with Crippen molar-refractivity contribution >= 4 is 28.5 Å². The van der Waals surface area contributed by atoms with Gasteiger partial charge in [0.05, 0.1) is 42.9 Å². The van der Waals surface area contributed by atoms with Crippen molar-refractivity contribution in [2.45, 2.75) is 26.9 Å². The van der Waals surface area contributed by atoms with Gasteiger partial charge in [0.2, 0.25) is 0 Å². The molecule has 4 aromatic rings. The van der Waals surface area contributed by atoms with Gasteiger partial charge < -0.3 is 14.4 Å². The Labute approximate surface area is 185 Å². The van der Waals surface area contributed by atoms with Gasteiger partial charge in [-0.2, -0.15) is 0 Å². The molecule has 0 bridgehead atoms. The zero-order valence-corrected chi connectivity index (χ0v) is 18.1. The third-order valence-electron chi connectivity index (χ3n) is 5.29. The predicted octanol–water partition coefficient (Wildman–Crippen LogP) is 5.35. The molecule has 0 unspecified atom stereocenters. The summed E-state index contributed by atoms with van der Waals surface area (Å²) in [4.78, 5) is 19.8. The molecule has 7 heteroatoms. The van der Waals surface area contributed by atoms with E-state index in [1.807, 2.05) is 61.0 Å². The van der Waals surface area contributed by atoms with Gasteiger partial charge in [0.1, 0.15) is 0 Å². The number of hydrogen-bond acceptors (Lipinski definition) is 4. The minimum atomic E-state index is -0.869. The lowest BCUT2D eigenvalue weighted by molar-refractivity contribution is -0.138. The maximum atomic E-state index is 10.7. The van der Waals surface area contributed by atoms with Gasteiger partial charge in [-0.25, -0.2) is 9.97 Å². The third kappa shape index (κ3) is 4.45. The first-order chi connectivity index (χ1) is 14.9. The number of ether oxygens (including phenoxy) is 1. The Morgan fingerprint density at radius 2 is 2.03 bits per heavy atom. The Hall–Kier alpha value is -3.22. The van der Waals surface area contributed by atoms with E-state index in [1.54, 1.807) is 12.5 Å². The predicted molar refractivity (Wildman–Crippen MR) is 121 cm³/mol. The van der Waals surface area contributed by atoms with Gasteiger partial charge in [-0.1, -0.05) is 23.7 Å². The average molecular weight is 436 g/mol. The molecule has 0 amide bonds. The fourth-order valence-corrected chi connectivity index (χ4v) is 3.63. The molecule has 1 N–H and O–H groups in total. The minimum absolute atomic E-state index is 0.0146. The van der Waals surface area contributed by atoms with Crippen molar-refractivity contribution in [1.29, 1.82) is 0 Å². The molecule has 0 aliphatic rings. The SMILES string of the molecule is Cc1ccc(-c2cc(-n3ccnc3)c3ccc(Cl)c(C)c3n2)cc1COCCC(=O)O. The van der Waals surface area contributed by atoms with Crippen molar-refractivity contribution in [2.24, 2.45) is 0 Å². The highest BCUT2D eigenvalue weighted by atomic mass is 35.5. The number of imidazole rings is 1. The summed E-state index contributed by atoms with van der Waals surface area (Å²) in [6.45, 7) is 4.50. The fraction of sp³-hybridized carbons (Fsp3) is 0.208. The lowest BCUT2D eigenvalue weighted by Crippen LogP contribution is -2.04. The molecule has 0 aliphatic heterocycles. The van der Waals surface area contributed by atoms with Crippen LogP contribution in [0.2, 0.25) is 5.02 Å². The number of fused-ring (bicyclic) bond motifs is 1. The first-order valence-corrected chi connectivity index (χ1v) is 10.3. The Morgan fingerprint density at radius 1 is 1.19 bits per heavy atom. The maximum absolute atomic E-state index is 10.7. The van der Waals surface area contributed by atoms with E-state index < -0.39 is 5.97 Å². The van der Waals surface area contributed by atoms with Crippen LogP contribution in [0.15, 0.2) is 55.1 Å². The number of halogens is 1. The highest BCUT2D eigenvalue weighted by Gasteiger charge is 2.13. The van der Waals surface area contributed by atoms with E-state index in [1.165, 1.54) is 0 Å². The summed E-state index contributed by atoms with van der Waals surface area (Å²) in [5.41, 5.74) is 6.57. The Balaban J connectivity index is 1.78. The lowest BCUT2D eigenvalue weighted by Gasteiger charge is -2.14. The summed E-state index contributed by atoms with van der Waals surface area (Å²) in [7, 11) is 0. The van der Waals surface area contributed by atoms with Crippen LogP contribution in [0.25, 0.3) is 27.8 Å². The zero-order chi connectivity index (χ0) is 22.0. The number of pyridine rings is 1. The Morgan fingerprint density at radius 3 is 2.77 bits per heavy atom. The molecule has 31 heavy (non-hydrogen) atoms. The first-order valence-electron chi connectivity index (χ1n) is 9.91. The van der Waals surface area contributed by atoms with Gasteiger partial charge in [0, 0.05) is 28.4 Å². The van der Waals surface area contributed by atoms with Crippen LogP contribution in [-0.4, -0.2) is 32.2 Å². The molecule has 6 nitrogen and oxygen atoms in total. The van der Waals surface area contributed by atoms with Gasteiger partial charge in [0.15, 0.2) is 0 Å². The van der Waals surface area contributed by atoms with Crippen LogP contribution in [0.4, 0.5) is 0 Å². The molecule has 0 spiro atoms. The summed E-state index contributed by atoms with van der Waals surface area (Å²) in [6.07, 6.45) is 5.39. The average Bonchev–Trinajstić information content (AvgIpc) is 3.29. The quantitative estimate of drug-likeness (QED) is 0.396. The number of carbonyl (C=O) groups is 1. The highest BCUT2D eigenvalue weighted by Crippen LogP contribution is 2.32. The molecule has 0 saturated carbocycles. The number of aromatic nitrogens is 3. The second kappa shape index (κ2) is 8.88. The number of benzene rings is 2. The van der Waals surface area contributed by atoms with E-state index in [0.29, 0.717) is 11.6 Å². The molecule has 158 valence electrons. The van der Waals surface area contributed by atoms with Crippen LogP contribution < -0.4 is 0 Å². The largest absolute Gasteiger partial charge is 0.481 e. The number of aliphatic carboxylic acids is 1. The second-order valence-corrected chi connectivity index (χ2v) is 7.81. The van der Waals surface area contributed by atoms with Crippen LogP contribution in [0.1, 0.15) is 23.1 Å². The highest BCUT2D eigenvalue weighted by molar-refractivity contribution is 6.32. The van der Waals surface area contributed by atoms with Gasteiger partial charge in [0.25, 0.3) is 0 Å². The van der Waals surface area contributed by atoms with Crippen LogP contribution >= 0.6 is 11.6 Å². The zero-order valence-electron chi connectivity index (χ0n) is 17.3. The molecular weight excluding hydrogens is 414 g/mol. The van der Waals surface area contributed by atoms with Crippen LogP contribution in [0.3, 0.4) is 0 Å². The van der Waals surface area contributed by atoms with E-state index >= 15 is 0 Å². The van der Waals surface area contributed by atoms with Crippen molar-refractivity contribution in [3.05, 3.63) is 76.8 Å². The summed E-state index contributed by atoms with van der Waals surface area (Å²) in [5.74, 6) is -0.869. The first kappa shape index (κ1) is 21.0. The molecule has 0 aliphatic carbocycles. The van der Waals surface area contributed by atoms with E-state index in [2.05, 4.69) is 4.98 Å². The van der Waals surface area contributed by atoms with Crippen molar-refractivity contribution in [1.82, 2.24) is 14.5 Å². The van der Waals surface area contributed by atoms with E-state index in [4.69, 9.17) is 26.4 Å². The van der Waals surface area contributed by atoms with Gasteiger partial charge in [-0.05, 0) is 54.8 Å². The Bertz CT molecular complexity index is 1250. The normalized spacial score (nSPS) is 11.2. The smallest absolute Gasteiger partial charge is 0.305 e. The summed E-state index contributed by atoms with van der Waals surface area (Å²) < 4.78 is 7.52. The monoisotopic (exact) mass is 435 g/mol. The van der Waals surface area contributed by atoms with Crippen molar-refractivity contribution < 1.29 is 14.6 Å². The minimum Gasteiger partial charge on any atom is -0.481 e. The Kier molecular flexibility index (Phi) is 6.02. The second-order valence-electron chi connectivity index (χ2n) is 7.40. The molecule has 0 saturated heterocycles. The molecule has 2 aromatic heterocycles. The van der Waals surface area contributed by atoms with Gasteiger partial charge in [-0.15, -0.1) is 0 Å².